The Hall–Kier alpha value is -1.65. The Kier molecular flexibility index (Phi) is 3.79. The van der Waals surface area contributed by atoms with E-state index in [1.807, 2.05) is 48.7 Å². The quantitative estimate of drug-likeness (QED) is 0.922. The van der Waals surface area contributed by atoms with Gasteiger partial charge in [-0.05, 0) is 30.5 Å². The molecule has 94 valence electrons. The van der Waals surface area contributed by atoms with Gasteiger partial charge in [-0.15, -0.1) is 11.3 Å². The number of anilines is 1. The van der Waals surface area contributed by atoms with E-state index in [-0.39, 0.29) is 5.91 Å². The fourth-order valence-electron chi connectivity index (χ4n) is 1.69. The summed E-state index contributed by atoms with van der Waals surface area (Å²) in [6.45, 7) is 2.02. The summed E-state index contributed by atoms with van der Waals surface area (Å²) >= 11 is 1.50. The average molecular weight is 260 g/mol. The van der Waals surface area contributed by atoms with Crippen molar-refractivity contribution in [2.75, 3.05) is 11.9 Å². The number of hydrogen-bond donors (Lipinski definition) is 1. The monoisotopic (exact) mass is 260 g/mol. The number of carbonyl (C=O) groups is 1. The molecule has 3 nitrogen and oxygen atoms in total. The molecular formula is C14H16N2OS. The molecule has 0 radical (unpaired) electrons. The maximum Gasteiger partial charge on any atom is 0.249 e. The van der Waals surface area contributed by atoms with E-state index in [1.54, 1.807) is 11.9 Å². The second-order valence-corrected chi connectivity index (χ2v) is 5.21. The minimum atomic E-state index is -0.587. The molecule has 4 heteroatoms. The molecule has 1 unspecified atom stereocenters. The molecule has 0 aliphatic rings. The Balaban J connectivity index is 2.16. The minimum Gasteiger partial charge on any atom is -0.316 e. The molecular weight excluding hydrogens is 244 g/mol. The van der Waals surface area contributed by atoms with Crippen LogP contribution in [0.3, 0.4) is 0 Å². The summed E-state index contributed by atoms with van der Waals surface area (Å²) in [5, 5.41) is 1.92. The van der Waals surface area contributed by atoms with Gasteiger partial charge in [0.15, 0.2) is 0 Å². The molecule has 0 spiro atoms. The van der Waals surface area contributed by atoms with Gasteiger partial charge in [-0.2, -0.15) is 0 Å². The first-order valence-electron chi connectivity index (χ1n) is 5.73. The largest absolute Gasteiger partial charge is 0.316 e. The van der Waals surface area contributed by atoms with Crippen LogP contribution in [0, 0.1) is 6.92 Å². The zero-order valence-electron chi connectivity index (χ0n) is 10.5. The van der Waals surface area contributed by atoms with Crippen LogP contribution in [0.15, 0.2) is 41.8 Å². The van der Waals surface area contributed by atoms with Gasteiger partial charge in [-0.3, -0.25) is 4.79 Å². The lowest BCUT2D eigenvalue weighted by Crippen LogP contribution is -2.35. The van der Waals surface area contributed by atoms with Crippen LogP contribution in [0.5, 0.6) is 0 Å². The Bertz CT molecular complexity index is 519. The first kappa shape index (κ1) is 12.8. The normalized spacial score (nSPS) is 12.2. The first-order valence-corrected chi connectivity index (χ1v) is 6.61. The molecule has 2 N–H and O–H groups in total. The number of likely N-dealkylation sites (N-methyl/N-ethyl adjacent to an activating group) is 1. The number of nitrogens with zero attached hydrogens (tertiary/aromatic N) is 1. The number of hydrogen-bond acceptors (Lipinski definition) is 3. The van der Waals surface area contributed by atoms with Crippen molar-refractivity contribution in [2.24, 2.45) is 5.73 Å². The van der Waals surface area contributed by atoms with Crippen molar-refractivity contribution in [3.05, 3.63) is 52.2 Å². The van der Waals surface area contributed by atoms with E-state index < -0.39 is 6.04 Å². The molecule has 1 atom stereocenters. The molecule has 2 aromatic rings. The molecule has 1 amide bonds. The number of aryl methyl sites for hydroxylation is 1. The molecule has 0 bridgehead atoms. The fraction of sp³-hybridized carbons (Fsp3) is 0.214. The highest BCUT2D eigenvalue weighted by atomic mass is 32.1. The predicted octanol–water partition coefficient (Wildman–Crippen LogP) is 2.72. The molecule has 1 aromatic carbocycles. The molecule has 0 saturated carbocycles. The number of rotatable bonds is 3. The zero-order chi connectivity index (χ0) is 13.1. The van der Waals surface area contributed by atoms with E-state index in [0.29, 0.717) is 0 Å². The summed E-state index contributed by atoms with van der Waals surface area (Å²) in [7, 11) is 1.75. The lowest BCUT2D eigenvalue weighted by molar-refractivity contribution is -0.119. The standard InChI is InChI=1S/C14H16N2OS/c1-10-5-7-11(8-6-10)16(2)14(17)13(15)12-4-3-9-18-12/h3-9,13H,15H2,1-2H3. The lowest BCUT2D eigenvalue weighted by atomic mass is 10.2. The van der Waals surface area contributed by atoms with Crippen LogP contribution < -0.4 is 10.6 Å². The highest BCUT2D eigenvalue weighted by molar-refractivity contribution is 7.10. The van der Waals surface area contributed by atoms with Crippen molar-refractivity contribution in [1.82, 2.24) is 0 Å². The number of nitrogens with two attached hydrogens (primary N) is 1. The van der Waals surface area contributed by atoms with Gasteiger partial charge in [0.1, 0.15) is 6.04 Å². The number of benzene rings is 1. The van der Waals surface area contributed by atoms with Crippen LogP contribution in [-0.2, 0) is 4.79 Å². The number of carbonyl (C=O) groups excluding carboxylic acids is 1. The lowest BCUT2D eigenvalue weighted by Gasteiger charge is -2.21. The number of amides is 1. The van der Waals surface area contributed by atoms with Gasteiger partial charge < -0.3 is 10.6 Å². The third-order valence-corrected chi connectivity index (χ3v) is 3.82. The summed E-state index contributed by atoms with van der Waals surface area (Å²) in [6.07, 6.45) is 0. The predicted molar refractivity (Wildman–Crippen MR) is 75.8 cm³/mol. The zero-order valence-corrected chi connectivity index (χ0v) is 11.3. The maximum absolute atomic E-state index is 12.2. The second kappa shape index (κ2) is 5.33. The van der Waals surface area contributed by atoms with E-state index in [4.69, 9.17) is 5.73 Å². The molecule has 0 saturated heterocycles. The molecule has 18 heavy (non-hydrogen) atoms. The first-order chi connectivity index (χ1) is 8.59. The van der Waals surface area contributed by atoms with Crippen molar-refractivity contribution in [3.8, 4) is 0 Å². The SMILES string of the molecule is Cc1ccc(N(C)C(=O)C(N)c2cccs2)cc1. The Morgan fingerprint density at radius 3 is 2.50 bits per heavy atom. The van der Waals surface area contributed by atoms with Gasteiger partial charge in [0.05, 0.1) is 0 Å². The molecule has 0 aliphatic carbocycles. The summed E-state index contributed by atoms with van der Waals surface area (Å²) < 4.78 is 0. The highest BCUT2D eigenvalue weighted by Gasteiger charge is 2.21. The average Bonchev–Trinajstić information content (AvgIpc) is 2.91. The minimum absolute atomic E-state index is 0.0960. The second-order valence-electron chi connectivity index (χ2n) is 4.23. The Morgan fingerprint density at radius 2 is 1.94 bits per heavy atom. The van der Waals surface area contributed by atoms with Crippen LogP contribution >= 0.6 is 11.3 Å². The van der Waals surface area contributed by atoms with Crippen LogP contribution in [0.25, 0.3) is 0 Å². The summed E-state index contributed by atoms with van der Waals surface area (Å²) in [5.41, 5.74) is 8.00. The van der Waals surface area contributed by atoms with E-state index in [0.717, 1.165) is 10.6 Å². The molecule has 2 rings (SSSR count). The van der Waals surface area contributed by atoms with Crippen LogP contribution in [0.4, 0.5) is 5.69 Å². The Labute approximate surface area is 111 Å². The van der Waals surface area contributed by atoms with Crippen molar-refractivity contribution in [1.29, 1.82) is 0 Å². The van der Waals surface area contributed by atoms with Crippen molar-refractivity contribution >= 4 is 22.9 Å². The van der Waals surface area contributed by atoms with Crippen LogP contribution in [-0.4, -0.2) is 13.0 Å². The summed E-state index contributed by atoms with van der Waals surface area (Å²) in [5.74, 6) is -0.0960. The molecule has 0 fully saturated rings. The van der Waals surface area contributed by atoms with Gasteiger partial charge in [0.2, 0.25) is 5.91 Å². The third-order valence-electron chi connectivity index (χ3n) is 2.87. The number of thiophene rings is 1. The molecule has 1 aromatic heterocycles. The highest BCUT2D eigenvalue weighted by Crippen LogP contribution is 2.21. The fourth-order valence-corrected chi connectivity index (χ4v) is 2.41. The van der Waals surface area contributed by atoms with E-state index >= 15 is 0 Å². The summed E-state index contributed by atoms with van der Waals surface area (Å²) in [6, 6.07) is 11.0. The van der Waals surface area contributed by atoms with Gasteiger partial charge in [-0.1, -0.05) is 23.8 Å². The summed E-state index contributed by atoms with van der Waals surface area (Å²) in [4.78, 5) is 14.7. The van der Waals surface area contributed by atoms with Crippen LogP contribution in [0.2, 0.25) is 0 Å². The topological polar surface area (TPSA) is 46.3 Å². The van der Waals surface area contributed by atoms with Crippen molar-refractivity contribution < 1.29 is 4.79 Å². The van der Waals surface area contributed by atoms with Gasteiger partial charge >= 0.3 is 0 Å². The van der Waals surface area contributed by atoms with Crippen molar-refractivity contribution in [3.63, 3.8) is 0 Å². The maximum atomic E-state index is 12.2. The molecule has 1 heterocycles. The van der Waals surface area contributed by atoms with Gasteiger partial charge in [0, 0.05) is 17.6 Å². The molecule has 0 aliphatic heterocycles. The van der Waals surface area contributed by atoms with Gasteiger partial charge in [0.25, 0.3) is 0 Å². The van der Waals surface area contributed by atoms with Crippen LogP contribution in [0.1, 0.15) is 16.5 Å². The van der Waals surface area contributed by atoms with E-state index in [9.17, 15) is 4.79 Å². The smallest absolute Gasteiger partial charge is 0.249 e. The van der Waals surface area contributed by atoms with Crippen molar-refractivity contribution in [2.45, 2.75) is 13.0 Å². The van der Waals surface area contributed by atoms with E-state index in [2.05, 4.69) is 0 Å². The third kappa shape index (κ3) is 2.60. The van der Waals surface area contributed by atoms with Gasteiger partial charge in [-0.25, -0.2) is 0 Å². The Morgan fingerprint density at radius 1 is 1.28 bits per heavy atom. The van der Waals surface area contributed by atoms with E-state index in [1.165, 1.54) is 16.9 Å².